The summed E-state index contributed by atoms with van der Waals surface area (Å²) in [7, 11) is 1.56. The average molecular weight is 333 g/mol. The molecule has 120 valence electrons. The number of ether oxygens (including phenoxy) is 2. The van der Waals surface area contributed by atoms with Crippen LogP contribution in [0.5, 0.6) is 11.5 Å². The van der Waals surface area contributed by atoms with Crippen molar-refractivity contribution in [2.24, 2.45) is 0 Å². The van der Waals surface area contributed by atoms with Crippen LogP contribution in [0, 0.1) is 0 Å². The Morgan fingerprint density at radius 2 is 2.00 bits per heavy atom. The molecule has 1 aliphatic rings. The summed E-state index contributed by atoms with van der Waals surface area (Å²) in [5.41, 5.74) is 2.19. The molecule has 0 aromatic heterocycles. The van der Waals surface area contributed by atoms with Gasteiger partial charge in [-0.25, -0.2) is 0 Å². The normalized spacial score (nSPS) is 16.1. The van der Waals surface area contributed by atoms with E-state index in [0.29, 0.717) is 28.7 Å². The quantitative estimate of drug-likeness (QED) is 0.898. The number of anilines is 1. The highest BCUT2D eigenvalue weighted by molar-refractivity contribution is 6.32. The Labute approximate surface area is 139 Å². The van der Waals surface area contributed by atoms with Gasteiger partial charge in [-0.05, 0) is 36.8 Å². The third-order valence-corrected chi connectivity index (χ3v) is 3.90. The lowest BCUT2D eigenvalue weighted by atomic mass is 10.1. The zero-order valence-electron chi connectivity index (χ0n) is 12.9. The number of hydrogen-bond donors (Lipinski definition) is 2. The van der Waals surface area contributed by atoms with Crippen molar-refractivity contribution in [2.45, 2.75) is 13.1 Å². The van der Waals surface area contributed by atoms with E-state index in [2.05, 4.69) is 10.6 Å². The van der Waals surface area contributed by atoms with E-state index >= 15 is 0 Å². The van der Waals surface area contributed by atoms with Crippen LogP contribution in [0.4, 0.5) is 5.69 Å². The van der Waals surface area contributed by atoms with Crippen molar-refractivity contribution >= 4 is 23.2 Å². The lowest BCUT2D eigenvalue weighted by Gasteiger charge is -2.28. The van der Waals surface area contributed by atoms with Crippen LogP contribution in [-0.2, 0) is 0 Å². The maximum atomic E-state index is 12.2. The maximum Gasteiger partial charge on any atom is 0.255 e. The van der Waals surface area contributed by atoms with Crippen molar-refractivity contribution in [3.8, 4) is 11.5 Å². The monoisotopic (exact) mass is 332 g/mol. The van der Waals surface area contributed by atoms with Crippen molar-refractivity contribution in [2.75, 3.05) is 19.0 Å². The van der Waals surface area contributed by atoms with Crippen molar-refractivity contribution in [3.05, 3.63) is 52.5 Å². The van der Waals surface area contributed by atoms with E-state index in [1.54, 1.807) is 19.2 Å². The summed E-state index contributed by atoms with van der Waals surface area (Å²) in [4.78, 5) is 12.2. The number of carbonyl (C=O) groups excluding carboxylic acids is 1. The Balaban J connectivity index is 1.97. The molecule has 1 aliphatic heterocycles. The topological polar surface area (TPSA) is 59.6 Å². The first-order chi connectivity index (χ1) is 11.1. The third kappa shape index (κ3) is 2.92. The van der Waals surface area contributed by atoms with Crippen LogP contribution in [0.2, 0.25) is 5.02 Å². The number of benzene rings is 2. The number of carbonyl (C=O) groups is 1. The summed E-state index contributed by atoms with van der Waals surface area (Å²) in [6.07, 6.45) is -0.389. The number of amides is 1. The molecule has 0 spiro atoms. The van der Waals surface area contributed by atoms with Crippen LogP contribution < -0.4 is 20.1 Å². The van der Waals surface area contributed by atoms with Crippen LogP contribution in [0.15, 0.2) is 36.4 Å². The molecule has 2 aromatic carbocycles. The summed E-state index contributed by atoms with van der Waals surface area (Å²) >= 11 is 6.30. The molecule has 3 rings (SSSR count). The molecule has 0 fully saturated rings. The largest absolute Gasteiger partial charge is 0.493 e. The van der Waals surface area contributed by atoms with Crippen molar-refractivity contribution in [3.63, 3.8) is 0 Å². The van der Waals surface area contributed by atoms with Gasteiger partial charge in [0.25, 0.3) is 5.91 Å². The van der Waals surface area contributed by atoms with Crippen molar-refractivity contribution in [1.29, 1.82) is 0 Å². The zero-order valence-corrected chi connectivity index (χ0v) is 13.6. The van der Waals surface area contributed by atoms with Gasteiger partial charge in [0.1, 0.15) is 6.17 Å². The molecule has 0 bridgehead atoms. The molecule has 0 saturated carbocycles. The van der Waals surface area contributed by atoms with Gasteiger partial charge in [0.15, 0.2) is 11.5 Å². The molecule has 0 aliphatic carbocycles. The van der Waals surface area contributed by atoms with Gasteiger partial charge in [-0.1, -0.05) is 23.7 Å². The average Bonchev–Trinajstić information content (AvgIpc) is 2.56. The molecule has 1 heterocycles. The summed E-state index contributed by atoms with van der Waals surface area (Å²) < 4.78 is 10.9. The van der Waals surface area contributed by atoms with Gasteiger partial charge >= 0.3 is 0 Å². The maximum absolute atomic E-state index is 12.2. The first-order valence-electron chi connectivity index (χ1n) is 7.30. The van der Waals surface area contributed by atoms with Gasteiger partial charge in [0.2, 0.25) is 0 Å². The lowest BCUT2D eigenvalue weighted by Crippen LogP contribution is -2.38. The molecule has 2 N–H and O–H groups in total. The summed E-state index contributed by atoms with van der Waals surface area (Å²) in [5, 5.41) is 6.64. The smallest absolute Gasteiger partial charge is 0.255 e. The minimum Gasteiger partial charge on any atom is -0.493 e. The molecule has 6 heteroatoms. The van der Waals surface area contributed by atoms with Gasteiger partial charge in [-0.3, -0.25) is 4.79 Å². The first-order valence-corrected chi connectivity index (χ1v) is 7.68. The number of nitrogens with one attached hydrogen (secondary N) is 2. The van der Waals surface area contributed by atoms with E-state index in [1.807, 2.05) is 31.2 Å². The van der Waals surface area contributed by atoms with Crippen LogP contribution in [0.3, 0.4) is 0 Å². The molecule has 5 nitrogen and oxygen atoms in total. The molecular formula is C17H17ClN2O3. The minimum absolute atomic E-state index is 0.131. The number of halogens is 1. The highest BCUT2D eigenvalue weighted by atomic mass is 35.5. The van der Waals surface area contributed by atoms with Gasteiger partial charge in [0.05, 0.1) is 24.3 Å². The summed E-state index contributed by atoms with van der Waals surface area (Å²) in [6.45, 7) is 2.37. The molecule has 0 radical (unpaired) electrons. The highest BCUT2D eigenvalue weighted by Gasteiger charge is 2.25. The number of hydrogen-bond acceptors (Lipinski definition) is 4. The molecule has 23 heavy (non-hydrogen) atoms. The fourth-order valence-corrected chi connectivity index (χ4v) is 2.84. The SMILES string of the molecule is CCOc1c(Cl)cc(C2NC(=O)c3ccccc3N2)cc1OC. The van der Waals surface area contributed by atoms with Crippen LogP contribution in [-0.4, -0.2) is 19.6 Å². The summed E-state index contributed by atoms with van der Waals surface area (Å²) in [6, 6.07) is 10.9. The van der Waals surface area contributed by atoms with Crippen molar-refractivity contribution in [1.82, 2.24) is 5.32 Å². The molecule has 1 atom stereocenters. The second-order valence-electron chi connectivity index (χ2n) is 5.06. The Kier molecular flexibility index (Phi) is 4.30. The van der Waals surface area contributed by atoms with Gasteiger partial charge < -0.3 is 20.1 Å². The summed E-state index contributed by atoms with van der Waals surface area (Å²) in [5.74, 6) is 0.903. The predicted molar refractivity (Wildman–Crippen MR) is 89.4 cm³/mol. The zero-order chi connectivity index (χ0) is 16.4. The Bertz CT molecular complexity index is 749. The second kappa shape index (κ2) is 6.38. The van der Waals surface area contributed by atoms with Crippen molar-refractivity contribution < 1.29 is 14.3 Å². The third-order valence-electron chi connectivity index (χ3n) is 3.62. The number of rotatable bonds is 4. The predicted octanol–water partition coefficient (Wildman–Crippen LogP) is 3.60. The van der Waals surface area contributed by atoms with E-state index in [4.69, 9.17) is 21.1 Å². The Morgan fingerprint density at radius 1 is 1.22 bits per heavy atom. The molecule has 2 aromatic rings. The first kappa shape index (κ1) is 15.5. The fraction of sp³-hybridized carbons (Fsp3) is 0.235. The van der Waals surface area contributed by atoms with Crippen LogP contribution in [0.25, 0.3) is 0 Å². The number of para-hydroxylation sites is 1. The van der Waals surface area contributed by atoms with Gasteiger partial charge in [0, 0.05) is 5.69 Å². The Morgan fingerprint density at radius 3 is 2.74 bits per heavy atom. The van der Waals surface area contributed by atoms with Gasteiger partial charge in [-0.15, -0.1) is 0 Å². The van der Waals surface area contributed by atoms with E-state index in [1.165, 1.54) is 0 Å². The number of fused-ring (bicyclic) bond motifs is 1. The van der Waals surface area contributed by atoms with E-state index in [-0.39, 0.29) is 12.1 Å². The van der Waals surface area contributed by atoms with Crippen LogP contribution in [0.1, 0.15) is 29.0 Å². The molecular weight excluding hydrogens is 316 g/mol. The fourth-order valence-electron chi connectivity index (χ4n) is 2.56. The molecule has 1 unspecified atom stereocenters. The lowest BCUT2D eigenvalue weighted by molar-refractivity contribution is 0.0935. The number of methoxy groups -OCH3 is 1. The van der Waals surface area contributed by atoms with E-state index in [9.17, 15) is 4.79 Å². The highest BCUT2D eigenvalue weighted by Crippen LogP contribution is 2.39. The minimum atomic E-state index is -0.389. The van der Waals surface area contributed by atoms with E-state index in [0.717, 1.165) is 11.3 Å². The van der Waals surface area contributed by atoms with Crippen LogP contribution >= 0.6 is 11.6 Å². The van der Waals surface area contributed by atoms with E-state index < -0.39 is 0 Å². The van der Waals surface area contributed by atoms with Gasteiger partial charge in [-0.2, -0.15) is 0 Å². The Hall–Kier alpha value is -2.40. The standard InChI is InChI=1S/C17H17ClN2O3/c1-3-23-15-12(18)8-10(9-14(15)22-2)16-19-13-7-5-4-6-11(13)17(21)20-16/h4-9,16,19H,3H2,1-2H3,(H,20,21). The second-order valence-corrected chi connectivity index (χ2v) is 5.47. The molecule has 0 saturated heterocycles. The molecule has 1 amide bonds.